The molecule has 1 aliphatic carbocycles. The third-order valence-electron chi connectivity index (χ3n) is 5.03. The number of fused-ring (bicyclic) bond motifs is 1. The van der Waals surface area contributed by atoms with Crippen LogP contribution in [0.4, 0.5) is 5.82 Å². The van der Waals surface area contributed by atoms with Crippen molar-refractivity contribution in [3.8, 4) is 6.07 Å². The van der Waals surface area contributed by atoms with Gasteiger partial charge in [-0.25, -0.2) is 4.99 Å². The van der Waals surface area contributed by atoms with Crippen molar-refractivity contribution in [3.63, 3.8) is 0 Å². The number of aliphatic imine (C=N–C) groups is 1. The van der Waals surface area contributed by atoms with E-state index in [-0.39, 0.29) is 10.8 Å². The molecular formula is C19H20N4OS. The van der Waals surface area contributed by atoms with Crippen LogP contribution in [0.1, 0.15) is 67.0 Å². The quantitative estimate of drug-likeness (QED) is 0.868. The molecule has 4 rings (SSSR count). The monoisotopic (exact) mass is 352 g/mol. The standard InChI is InChI=1S/C19H20N4OS/c1-12-21-18-16(17(25-12)14-9-7-13(11-20)8-10-14)19(24)22-23(18)15-5-3-2-4-6-15/h7-10,15,17H,2-6H2,1H3,(H,22,24)/t17-/m1/s1. The largest absolute Gasteiger partial charge is 0.271 e. The Balaban J connectivity index is 1.79. The summed E-state index contributed by atoms with van der Waals surface area (Å²) in [4.78, 5) is 17.4. The number of rotatable bonds is 2. The summed E-state index contributed by atoms with van der Waals surface area (Å²) in [6.07, 6.45) is 5.88. The summed E-state index contributed by atoms with van der Waals surface area (Å²) < 4.78 is 2.01. The molecule has 1 fully saturated rings. The van der Waals surface area contributed by atoms with Gasteiger partial charge in [0.25, 0.3) is 5.56 Å². The van der Waals surface area contributed by atoms with E-state index in [1.54, 1.807) is 11.8 Å². The lowest BCUT2D eigenvalue weighted by Gasteiger charge is -2.26. The number of hydrogen-bond acceptors (Lipinski definition) is 4. The van der Waals surface area contributed by atoms with Gasteiger partial charge in [-0.15, -0.1) is 0 Å². The molecule has 2 aromatic rings. The van der Waals surface area contributed by atoms with Crippen LogP contribution < -0.4 is 5.56 Å². The smallest absolute Gasteiger partial charge is 0.268 e. The summed E-state index contributed by atoms with van der Waals surface area (Å²) in [7, 11) is 0. The van der Waals surface area contributed by atoms with Gasteiger partial charge < -0.3 is 0 Å². The number of nitrogens with zero attached hydrogens (tertiary/aromatic N) is 3. The van der Waals surface area contributed by atoms with E-state index in [9.17, 15) is 4.79 Å². The number of aromatic amines is 1. The van der Waals surface area contributed by atoms with Gasteiger partial charge in [0.15, 0.2) is 5.82 Å². The van der Waals surface area contributed by atoms with Gasteiger partial charge >= 0.3 is 0 Å². The van der Waals surface area contributed by atoms with Gasteiger partial charge in [-0.2, -0.15) is 5.26 Å². The van der Waals surface area contributed by atoms with Gasteiger partial charge in [-0.05, 0) is 37.5 Å². The number of H-pyrrole nitrogens is 1. The zero-order valence-corrected chi connectivity index (χ0v) is 15.0. The first-order chi connectivity index (χ1) is 12.2. The zero-order valence-electron chi connectivity index (χ0n) is 14.2. The average molecular weight is 352 g/mol. The molecule has 5 nitrogen and oxygen atoms in total. The Morgan fingerprint density at radius 1 is 1.24 bits per heavy atom. The number of hydrogen-bond donors (Lipinski definition) is 1. The summed E-state index contributed by atoms with van der Waals surface area (Å²) in [5, 5.41) is 12.9. The fourth-order valence-corrected chi connectivity index (χ4v) is 4.88. The minimum absolute atomic E-state index is 0.0429. The molecule has 0 saturated heterocycles. The molecule has 0 bridgehead atoms. The predicted molar refractivity (Wildman–Crippen MR) is 101 cm³/mol. The number of benzene rings is 1. The molecular weight excluding hydrogens is 332 g/mol. The van der Waals surface area contributed by atoms with Gasteiger partial charge in [0.05, 0.1) is 33.5 Å². The highest BCUT2D eigenvalue weighted by atomic mass is 32.2. The van der Waals surface area contributed by atoms with Crippen molar-refractivity contribution in [1.82, 2.24) is 9.78 Å². The fraction of sp³-hybridized carbons (Fsp3) is 0.421. The first kappa shape index (κ1) is 16.2. The lowest BCUT2D eigenvalue weighted by Crippen LogP contribution is -2.16. The number of thioether (sulfide) groups is 1. The predicted octanol–water partition coefficient (Wildman–Crippen LogP) is 4.44. The highest BCUT2D eigenvalue weighted by molar-refractivity contribution is 8.14. The normalized spacial score (nSPS) is 20.6. The maximum atomic E-state index is 12.7. The van der Waals surface area contributed by atoms with Crippen LogP contribution >= 0.6 is 11.8 Å². The van der Waals surface area contributed by atoms with Crippen LogP contribution in [0.25, 0.3) is 0 Å². The Bertz CT molecular complexity index is 910. The molecule has 0 radical (unpaired) electrons. The van der Waals surface area contributed by atoms with Gasteiger partial charge in [0.2, 0.25) is 0 Å². The molecule has 6 heteroatoms. The lowest BCUT2D eigenvalue weighted by atomic mass is 9.95. The highest BCUT2D eigenvalue weighted by Crippen LogP contribution is 2.45. The maximum absolute atomic E-state index is 12.7. The Labute approximate surface area is 150 Å². The molecule has 2 heterocycles. The summed E-state index contributed by atoms with van der Waals surface area (Å²) in [5.41, 5.74) is 2.36. The molecule has 2 aliphatic rings. The molecule has 1 aliphatic heterocycles. The number of nitriles is 1. The van der Waals surface area contributed by atoms with E-state index >= 15 is 0 Å². The molecule has 1 aromatic carbocycles. The van der Waals surface area contributed by atoms with Crippen molar-refractivity contribution in [2.75, 3.05) is 0 Å². The van der Waals surface area contributed by atoms with Crippen LogP contribution in [0.5, 0.6) is 0 Å². The van der Waals surface area contributed by atoms with E-state index in [0.717, 1.165) is 34.8 Å². The SMILES string of the molecule is CC1=Nc2c(c(=O)[nH]n2C2CCCCC2)[C@@H](c2ccc(C#N)cc2)S1. The van der Waals surface area contributed by atoms with E-state index in [4.69, 9.17) is 10.3 Å². The van der Waals surface area contributed by atoms with Gasteiger partial charge in [0, 0.05) is 0 Å². The fourth-order valence-electron chi connectivity index (χ4n) is 3.78. The highest BCUT2D eigenvalue weighted by Gasteiger charge is 2.32. The Hall–Kier alpha value is -2.26. The number of aromatic nitrogens is 2. The summed E-state index contributed by atoms with van der Waals surface area (Å²) in [5.74, 6) is 0.794. The Kier molecular flexibility index (Phi) is 4.26. The van der Waals surface area contributed by atoms with E-state index in [0.29, 0.717) is 11.6 Å². The summed E-state index contributed by atoms with van der Waals surface area (Å²) in [6.45, 7) is 1.99. The zero-order chi connectivity index (χ0) is 17.4. The summed E-state index contributed by atoms with van der Waals surface area (Å²) >= 11 is 1.60. The second-order valence-corrected chi connectivity index (χ2v) is 8.00. The van der Waals surface area contributed by atoms with Crippen LogP contribution in [-0.4, -0.2) is 14.8 Å². The number of nitrogens with one attached hydrogen (secondary N) is 1. The van der Waals surface area contributed by atoms with Crippen molar-refractivity contribution in [3.05, 3.63) is 51.3 Å². The summed E-state index contributed by atoms with van der Waals surface area (Å²) in [6, 6.07) is 9.98. The van der Waals surface area contributed by atoms with Crippen LogP contribution in [0, 0.1) is 11.3 Å². The molecule has 0 amide bonds. The van der Waals surface area contributed by atoms with Crippen molar-refractivity contribution >= 4 is 22.6 Å². The van der Waals surface area contributed by atoms with Gasteiger partial charge in [-0.1, -0.05) is 43.2 Å². The minimum Gasteiger partial charge on any atom is -0.268 e. The van der Waals surface area contributed by atoms with E-state index in [1.165, 1.54) is 19.3 Å². The Morgan fingerprint density at radius 3 is 2.64 bits per heavy atom. The lowest BCUT2D eigenvalue weighted by molar-refractivity contribution is 0.331. The molecule has 1 saturated carbocycles. The second kappa shape index (κ2) is 6.57. The third-order valence-corrected chi connectivity index (χ3v) is 6.21. The molecule has 1 N–H and O–H groups in total. The van der Waals surface area contributed by atoms with Crippen molar-refractivity contribution in [1.29, 1.82) is 5.26 Å². The average Bonchev–Trinajstić information content (AvgIpc) is 2.98. The Morgan fingerprint density at radius 2 is 1.96 bits per heavy atom. The van der Waals surface area contributed by atoms with Crippen molar-refractivity contribution < 1.29 is 0 Å². The van der Waals surface area contributed by atoms with Gasteiger partial charge in [0.1, 0.15) is 0 Å². The topological polar surface area (TPSA) is 73.9 Å². The van der Waals surface area contributed by atoms with E-state index < -0.39 is 0 Å². The molecule has 128 valence electrons. The molecule has 1 atom stereocenters. The first-order valence-corrected chi connectivity index (χ1v) is 9.62. The van der Waals surface area contributed by atoms with Crippen LogP contribution in [0.3, 0.4) is 0 Å². The maximum Gasteiger partial charge on any atom is 0.271 e. The second-order valence-electron chi connectivity index (χ2n) is 6.70. The third kappa shape index (κ3) is 2.93. The van der Waals surface area contributed by atoms with Crippen LogP contribution in [-0.2, 0) is 0 Å². The van der Waals surface area contributed by atoms with E-state index in [2.05, 4.69) is 11.2 Å². The molecule has 0 unspecified atom stereocenters. The van der Waals surface area contributed by atoms with Crippen LogP contribution in [0.15, 0.2) is 34.1 Å². The van der Waals surface area contributed by atoms with Crippen LogP contribution in [0.2, 0.25) is 0 Å². The van der Waals surface area contributed by atoms with E-state index in [1.807, 2.05) is 35.9 Å². The first-order valence-electron chi connectivity index (χ1n) is 8.74. The minimum atomic E-state index is -0.0752. The van der Waals surface area contributed by atoms with Crippen molar-refractivity contribution in [2.45, 2.75) is 50.3 Å². The molecule has 1 aromatic heterocycles. The molecule has 0 spiro atoms. The van der Waals surface area contributed by atoms with Crippen molar-refractivity contribution in [2.24, 2.45) is 4.99 Å². The molecule has 25 heavy (non-hydrogen) atoms. The van der Waals surface area contributed by atoms with Gasteiger partial charge in [-0.3, -0.25) is 14.6 Å².